The predicted octanol–water partition coefficient (Wildman–Crippen LogP) is 7.33. The summed E-state index contributed by atoms with van der Waals surface area (Å²) in [4.78, 5) is 50.1. The van der Waals surface area contributed by atoms with E-state index in [1.807, 2.05) is 75.0 Å². The standard InChI is InChI=1S/C37H47N3O6S2/c1-36(2,3)45-35(43)40-25-27-13-5-4-12-26(27)22-30(40)34(42)38-28-14-10-15-29(23-28)48-21-11-16-31(48)37(18-7-9-20-47-37)24-32(41)39-46-33-17-6-8-19-44-33/h4-5,10,12-16,21,23,30,33H,6-9,11,17-20,22,24-25H2,1-3H3,(H,38,42)(H,39,41)/t30-,33?,37-,48?/m0/s1. The second-order valence-electron chi connectivity index (χ2n) is 13.8. The van der Waals surface area contributed by atoms with Gasteiger partial charge in [-0.15, -0.1) is 22.2 Å². The second-order valence-corrected chi connectivity index (χ2v) is 17.2. The number of thioether (sulfide) groups is 1. The van der Waals surface area contributed by atoms with Crippen LogP contribution in [0.3, 0.4) is 0 Å². The first-order valence-electron chi connectivity index (χ1n) is 17.0. The zero-order valence-electron chi connectivity index (χ0n) is 28.1. The third kappa shape index (κ3) is 8.35. The molecule has 0 aliphatic carbocycles. The highest BCUT2D eigenvalue weighted by Gasteiger charge is 2.42. The predicted molar refractivity (Wildman–Crippen MR) is 192 cm³/mol. The minimum Gasteiger partial charge on any atom is -0.444 e. The Labute approximate surface area is 290 Å². The number of fused-ring (bicyclic) bond motifs is 1. The average Bonchev–Trinajstić information content (AvgIpc) is 3.58. The zero-order chi connectivity index (χ0) is 33.7. The van der Waals surface area contributed by atoms with Gasteiger partial charge < -0.3 is 14.8 Å². The largest absolute Gasteiger partial charge is 0.444 e. The maximum absolute atomic E-state index is 13.9. The Bertz CT molecular complexity index is 1570. The first-order valence-corrected chi connectivity index (χ1v) is 19.3. The normalized spacial score (nSPS) is 25.7. The summed E-state index contributed by atoms with van der Waals surface area (Å²) in [5, 5.41) is 5.44. The number of rotatable bonds is 8. The van der Waals surface area contributed by atoms with Gasteiger partial charge in [0.2, 0.25) is 11.8 Å². The van der Waals surface area contributed by atoms with Crippen LogP contribution in [0.25, 0.3) is 0 Å². The lowest BCUT2D eigenvalue weighted by Crippen LogP contribution is -2.52. The van der Waals surface area contributed by atoms with Crippen molar-refractivity contribution in [1.82, 2.24) is 10.4 Å². The van der Waals surface area contributed by atoms with Crippen molar-refractivity contribution >= 4 is 51.2 Å². The molecule has 4 aliphatic heterocycles. The molecule has 6 rings (SSSR count). The minimum atomic E-state index is -0.712. The molecule has 4 heterocycles. The highest BCUT2D eigenvalue weighted by atomic mass is 32.2. The lowest BCUT2D eigenvalue weighted by atomic mass is 9.93. The van der Waals surface area contributed by atoms with Gasteiger partial charge in [-0.3, -0.25) is 14.5 Å². The van der Waals surface area contributed by atoms with Crippen LogP contribution in [0.2, 0.25) is 0 Å². The van der Waals surface area contributed by atoms with Crippen molar-refractivity contribution in [3.05, 3.63) is 70.6 Å². The summed E-state index contributed by atoms with van der Waals surface area (Å²) in [7, 11) is -0.341. The fourth-order valence-corrected chi connectivity index (χ4v) is 10.9. The summed E-state index contributed by atoms with van der Waals surface area (Å²) in [6.45, 7) is 6.45. The molecule has 4 atom stereocenters. The Hall–Kier alpha value is -3.12. The summed E-state index contributed by atoms with van der Waals surface area (Å²) in [6.07, 6.45) is 8.95. The van der Waals surface area contributed by atoms with Gasteiger partial charge in [-0.2, -0.15) is 0 Å². The molecular formula is C37H47N3O6S2. The minimum absolute atomic E-state index is 0.125. The van der Waals surface area contributed by atoms with Gasteiger partial charge in [-0.1, -0.05) is 42.8 Å². The average molecular weight is 694 g/mol. The van der Waals surface area contributed by atoms with Crippen LogP contribution in [0.4, 0.5) is 10.5 Å². The number of allylic oxidation sites excluding steroid dienone is 1. The van der Waals surface area contributed by atoms with E-state index in [0.717, 1.165) is 66.7 Å². The van der Waals surface area contributed by atoms with Gasteiger partial charge in [-0.05, 0) is 98.2 Å². The molecule has 0 spiro atoms. The molecule has 0 radical (unpaired) electrons. The van der Waals surface area contributed by atoms with Crippen molar-refractivity contribution in [3.8, 4) is 0 Å². The summed E-state index contributed by atoms with van der Waals surface area (Å²) >= 11 is 1.88. The lowest BCUT2D eigenvalue weighted by molar-refractivity contribution is -0.200. The van der Waals surface area contributed by atoms with E-state index in [9.17, 15) is 14.4 Å². The number of hydrogen-bond acceptors (Lipinski definition) is 7. The van der Waals surface area contributed by atoms with E-state index in [4.69, 9.17) is 14.3 Å². The maximum atomic E-state index is 13.9. The number of anilines is 1. The van der Waals surface area contributed by atoms with Gasteiger partial charge in [0, 0.05) is 36.5 Å². The number of hydroxylamine groups is 1. The van der Waals surface area contributed by atoms with Crippen molar-refractivity contribution in [2.45, 2.75) is 113 Å². The first-order chi connectivity index (χ1) is 23.1. The molecule has 4 aliphatic rings. The van der Waals surface area contributed by atoms with Crippen molar-refractivity contribution in [3.63, 3.8) is 0 Å². The number of ether oxygens (including phenoxy) is 2. The van der Waals surface area contributed by atoms with Crippen molar-refractivity contribution in [2.75, 3.05) is 17.7 Å². The number of nitrogens with one attached hydrogen (secondary N) is 2. The quantitative estimate of drug-likeness (QED) is 0.220. The number of nitrogens with zero attached hydrogens (tertiary/aromatic N) is 1. The highest BCUT2D eigenvalue weighted by molar-refractivity contribution is 8.19. The van der Waals surface area contributed by atoms with Crippen molar-refractivity contribution in [1.29, 1.82) is 0 Å². The van der Waals surface area contributed by atoms with Crippen LogP contribution in [0, 0.1) is 0 Å². The number of amides is 3. The Morgan fingerprint density at radius 3 is 2.65 bits per heavy atom. The van der Waals surface area contributed by atoms with E-state index < -0.39 is 17.7 Å². The van der Waals surface area contributed by atoms with E-state index in [1.165, 1.54) is 4.91 Å². The molecule has 2 aromatic carbocycles. The number of hydrogen-bond donors (Lipinski definition) is 2. The topological polar surface area (TPSA) is 106 Å². The highest BCUT2D eigenvalue weighted by Crippen LogP contribution is 2.55. The molecule has 2 saturated heterocycles. The molecule has 9 nitrogen and oxygen atoms in total. The van der Waals surface area contributed by atoms with Crippen LogP contribution >= 0.6 is 22.2 Å². The third-order valence-corrected chi connectivity index (χ3v) is 13.1. The van der Waals surface area contributed by atoms with E-state index in [0.29, 0.717) is 31.7 Å². The zero-order valence-corrected chi connectivity index (χ0v) is 29.8. The molecule has 2 aromatic rings. The molecule has 11 heteroatoms. The van der Waals surface area contributed by atoms with Gasteiger partial charge in [-0.25, -0.2) is 15.1 Å². The molecular weight excluding hydrogens is 647 g/mol. The monoisotopic (exact) mass is 693 g/mol. The van der Waals surface area contributed by atoms with Crippen LogP contribution < -0.4 is 10.8 Å². The van der Waals surface area contributed by atoms with Crippen LogP contribution in [0.5, 0.6) is 0 Å². The van der Waals surface area contributed by atoms with Crippen LogP contribution in [0.1, 0.15) is 83.3 Å². The molecule has 2 N–H and O–H groups in total. The van der Waals surface area contributed by atoms with Crippen LogP contribution in [-0.2, 0) is 36.9 Å². The fraction of sp³-hybridized carbons (Fsp3) is 0.514. The number of benzene rings is 2. The molecule has 2 fully saturated rings. The fourth-order valence-electron chi connectivity index (χ4n) is 6.75. The smallest absolute Gasteiger partial charge is 0.411 e. The van der Waals surface area contributed by atoms with Crippen molar-refractivity contribution < 1.29 is 28.7 Å². The Balaban J connectivity index is 1.18. The Morgan fingerprint density at radius 2 is 1.90 bits per heavy atom. The van der Waals surface area contributed by atoms with Gasteiger partial charge in [0.1, 0.15) is 11.6 Å². The summed E-state index contributed by atoms with van der Waals surface area (Å²) in [5.74, 6) is 0.628. The number of carbonyl (C=O) groups is 3. The van der Waals surface area contributed by atoms with Gasteiger partial charge >= 0.3 is 6.09 Å². The Morgan fingerprint density at radius 1 is 1.06 bits per heavy atom. The molecule has 0 aromatic heterocycles. The van der Waals surface area contributed by atoms with Crippen LogP contribution in [0.15, 0.2) is 64.4 Å². The van der Waals surface area contributed by atoms with Crippen LogP contribution in [-0.4, -0.2) is 63.2 Å². The van der Waals surface area contributed by atoms with E-state index in [1.54, 1.807) is 4.90 Å². The van der Waals surface area contributed by atoms with Gasteiger partial charge in [0.15, 0.2) is 6.29 Å². The molecule has 3 amide bonds. The maximum Gasteiger partial charge on any atom is 0.411 e. The molecule has 2 unspecified atom stereocenters. The molecule has 48 heavy (non-hydrogen) atoms. The lowest BCUT2D eigenvalue weighted by Gasteiger charge is -2.39. The summed E-state index contributed by atoms with van der Waals surface area (Å²) < 4.78 is 11.0. The molecule has 0 bridgehead atoms. The van der Waals surface area contributed by atoms with E-state index in [-0.39, 0.29) is 33.3 Å². The molecule has 0 saturated carbocycles. The van der Waals surface area contributed by atoms with Gasteiger partial charge in [0.25, 0.3) is 0 Å². The second kappa shape index (κ2) is 15.2. The SMILES string of the molecule is CC(C)(C)OC(=O)N1Cc2ccccc2C[C@H]1C(=O)Nc1cccc(S2=CCC=C2[C@@]2(CC(=O)NOC3CCCCO3)CCCCS2)c1. The third-order valence-electron chi connectivity index (χ3n) is 9.03. The summed E-state index contributed by atoms with van der Waals surface area (Å²) in [6, 6.07) is 15.2. The van der Waals surface area contributed by atoms with E-state index >= 15 is 0 Å². The summed E-state index contributed by atoms with van der Waals surface area (Å²) in [5.41, 5.74) is 4.77. The Kier molecular flexibility index (Phi) is 11.0. The van der Waals surface area contributed by atoms with E-state index in [2.05, 4.69) is 28.3 Å². The first kappa shape index (κ1) is 34.7. The van der Waals surface area contributed by atoms with Gasteiger partial charge in [0.05, 0.1) is 11.3 Å². The molecule has 258 valence electrons. The number of carbonyl (C=O) groups excluding carboxylic acids is 3. The van der Waals surface area contributed by atoms with Crippen molar-refractivity contribution in [2.24, 2.45) is 0 Å².